The lowest BCUT2D eigenvalue weighted by molar-refractivity contribution is 0.280. The van der Waals surface area contributed by atoms with Crippen LogP contribution in [0.3, 0.4) is 0 Å². The molecule has 0 fully saturated rings. The molecule has 0 radical (unpaired) electrons. The van der Waals surface area contributed by atoms with Crippen molar-refractivity contribution < 1.29 is 15.1 Å². The van der Waals surface area contributed by atoms with Crippen molar-refractivity contribution in [1.82, 2.24) is 0 Å². The van der Waals surface area contributed by atoms with Gasteiger partial charge in [-0.3, -0.25) is 0 Å². The van der Waals surface area contributed by atoms with E-state index in [1.54, 1.807) is 24.3 Å². The Balaban J connectivity index is 2.58. The first kappa shape index (κ1) is 10.3. The van der Waals surface area contributed by atoms with E-state index in [2.05, 4.69) is 5.16 Å². The molecule has 14 heavy (non-hydrogen) atoms. The molecule has 0 spiro atoms. The van der Waals surface area contributed by atoms with Gasteiger partial charge in [0.2, 0.25) is 0 Å². The third-order valence-electron chi connectivity index (χ3n) is 1.60. The Morgan fingerprint density at radius 1 is 1.50 bits per heavy atom. The summed E-state index contributed by atoms with van der Waals surface area (Å²) in [6.45, 7) is -0.0217. The van der Waals surface area contributed by atoms with Crippen molar-refractivity contribution in [2.45, 2.75) is 6.61 Å². The van der Waals surface area contributed by atoms with E-state index >= 15 is 0 Å². The molecule has 0 amide bonds. The van der Waals surface area contributed by atoms with Crippen LogP contribution in [0, 0.1) is 0 Å². The minimum atomic E-state index is -0.0409. The average molecular weight is 196 g/mol. The molecule has 1 aromatic rings. The minimum Gasteiger partial charge on any atom is -0.486 e. The molecule has 1 aromatic carbocycles. The quantitative estimate of drug-likeness (QED) is 0.280. The molecule has 1 rings (SSSR count). The van der Waals surface area contributed by atoms with Gasteiger partial charge in [0.05, 0.1) is 6.61 Å². The standard InChI is InChI=1S/C9H12N2O3/c10-9(11-13)6-14-8-3-1-2-7(4-8)5-12/h1-4,12-13H,5-6H2,(H2,10,11). The average Bonchev–Trinajstić information content (AvgIpc) is 2.26. The van der Waals surface area contributed by atoms with Gasteiger partial charge >= 0.3 is 0 Å². The van der Waals surface area contributed by atoms with Gasteiger partial charge in [-0.25, -0.2) is 0 Å². The normalized spacial score (nSPS) is 11.4. The van der Waals surface area contributed by atoms with E-state index in [9.17, 15) is 0 Å². The molecule has 0 saturated carbocycles. The summed E-state index contributed by atoms with van der Waals surface area (Å²) in [6.07, 6.45) is 0. The lowest BCUT2D eigenvalue weighted by Gasteiger charge is -2.05. The van der Waals surface area contributed by atoms with Crippen LogP contribution in [0.1, 0.15) is 5.56 Å². The summed E-state index contributed by atoms with van der Waals surface area (Å²) in [5.74, 6) is 0.572. The van der Waals surface area contributed by atoms with Crippen LogP contribution in [0.25, 0.3) is 0 Å². The topological polar surface area (TPSA) is 88.1 Å². The molecule has 4 N–H and O–H groups in total. The van der Waals surface area contributed by atoms with Gasteiger partial charge in [-0.15, -0.1) is 0 Å². The van der Waals surface area contributed by atoms with Crippen LogP contribution in [0.4, 0.5) is 0 Å². The predicted molar refractivity (Wildman–Crippen MR) is 51.3 cm³/mol. The maximum Gasteiger partial charge on any atom is 0.177 e. The lowest BCUT2D eigenvalue weighted by Crippen LogP contribution is -2.20. The summed E-state index contributed by atoms with van der Waals surface area (Å²) in [7, 11) is 0. The largest absolute Gasteiger partial charge is 0.486 e. The summed E-state index contributed by atoms with van der Waals surface area (Å²) < 4.78 is 5.17. The number of rotatable bonds is 4. The van der Waals surface area contributed by atoms with Crippen LogP contribution < -0.4 is 10.5 Å². The molecule has 5 heteroatoms. The van der Waals surface area contributed by atoms with E-state index in [0.717, 1.165) is 5.56 Å². The zero-order chi connectivity index (χ0) is 10.4. The van der Waals surface area contributed by atoms with Crippen LogP contribution in [-0.2, 0) is 6.61 Å². The van der Waals surface area contributed by atoms with Crippen molar-refractivity contribution >= 4 is 5.84 Å². The molecule has 0 aliphatic carbocycles. The van der Waals surface area contributed by atoms with Crippen molar-refractivity contribution in [2.24, 2.45) is 10.9 Å². The van der Waals surface area contributed by atoms with Gasteiger partial charge in [-0.2, -0.15) is 0 Å². The molecule has 0 aliphatic rings. The zero-order valence-corrected chi connectivity index (χ0v) is 7.55. The molecule has 76 valence electrons. The number of ether oxygens (including phenoxy) is 1. The fourth-order valence-corrected chi connectivity index (χ4v) is 0.920. The number of benzene rings is 1. The number of aliphatic hydroxyl groups is 1. The number of nitrogens with two attached hydrogens (primary N) is 1. The van der Waals surface area contributed by atoms with Gasteiger partial charge in [-0.05, 0) is 17.7 Å². The van der Waals surface area contributed by atoms with Crippen molar-refractivity contribution in [1.29, 1.82) is 0 Å². The number of amidine groups is 1. The van der Waals surface area contributed by atoms with Crippen LogP contribution in [0.5, 0.6) is 5.75 Å². The fourth-order valence-electron chi connectivity index (χ4n) is 0.920. The monoisotopic (exact) mass is 196 g/mol. The fraction of sp³-hybridized carbons (Fsp3) is 0.222. The molecule has 0 aliphatic heterocycles. The molecule has 0 heterocycles. The molecule has 0 aromatic heterocycles. The van der Waals surface area contributed by atoms with Crippen LogP contribution in [-0.4, -0.2) is 22.8 Å². The van der Waals surface area contributed by atoms with E-state index in [1.165, 1.54) is 0 Å². The molecule has 0 bridgehead atoms. The maximum absolute atomic E-state index is 8.84. The Morgan fingerprint density at radius 3 is 2.93 bits per heavy atom. The van der Waals surface area contributed by atoms with Gasteiger partial charge in [0.1, 0.15) is 12.4 Å². The highest BCUT2D eigenvalue weighted by atomic mass is 16.5. The second-order valence-electron chi connectivity index (χ2n) is 2.69. The second-order valence-corrected chi connectivity index (χ2v) is 2.69. The Kier molecular flexibility index (Phi) is 3.75. The Hall–Kier alpha value is -1.75. The van der Waals surface area contributed by atoms with E-state index in [-0.39, 0.29) is 19.0 Å². The maximum atomic E-state index is 8.84. The smallest absolute Gasteiger partial charge is 0.177 e. The van der Waals surface area contributed by atoms with Crippen LogP contribution in [0.2, 0.25) is 0 Å². The van der Waals surface area contributed by atoms with Crippen molar-refractivity contribution in [3.63, 3.8) is 0 Å². The minimum absolute atomic E-state index is 0.000554. The number of aliphatic hydroxyl groups excluding tert-OH is 1. The summed E-state index contributed by atoms with van der Waals surface area (Å²) in [4.78, 5) is 0. The Morgan fingerprint density at radius 2 is 2.29 bits per heavy atom. The number of nitrogens with zero attached hydrogens (tertiary/aromatic N) is 1. The van der Waals surface area contributed by atoms with Crippen LogP contribution in [0.15, 0.2) is 29.4 Å². The molecule has 5 nitrogen and oxygen atoms in total. The van der Waals surface area contributed by atoms with E-state index in [0.29, 0.717) is 5.75 Å². The SMILES string of the molecule is NC(COc1cccc(CO)c1)=NO. The van der Waals surface area contributed by atoms with E-state index in [4.69, 9.17) is 20.8 Å². The van der Waals surface area contributed by atoms with E-state index in [1.807, 2.05) is 0 Å². The molecular formula is C9H12N2O3. The second kappa shape index (κ2) is 5.08. The highest BCUT2D eigenvalue weighted by Gasteiger charge is 1.97. The van der Waals surface area contributed by atoms with Crippen molar-refractivity contribution in [2.75, 3.05) is 6.61 Å². The highest BCUT2D eigenvalue weighted by molar-refractivity contribution is 5.81. The van der Waals surface area contributed by atoms with Crippen molar-refractivity contribution in [3.05, 3.63) is 29.8 Å². The van der Waals surface area contributed by atoms with Crippen molar-refractivity contribution in [3.8, 4) is 5.75 Å². The van der Waals surface area contributed by atoms with Gasteiger partial charge in [0.25, 0.3) is 0 Å². The van der Waals surface area contributed by atoms with Gasteiger partial charge in [0.15, 0.2) is 5.84 Å². The van der Waals surface area contributed by atoms with Gasteiger partial charge in [-0.1, -0.05) is 17.3 Å². The lowest BCUT2D eigenvalue weighted by atomic mass is 10.2. The summed E-state index contributed by atoms with van der Waals surface area (Å²) >= 11 is 0. The number of hydrogen-bond acceptors (Lipinski definition) is 4. The Bertz CT molecular complexity index is 326. The van der Waals surface area contributed by atoms with Gasteiger partial charge < -0.3 is 20.8 Å². The number of oxime groups is 1. The first-order chi connectivity index (χ1) is 6.76. The Labute approximate surface area is 81.4 Å². The zero-order valence-electron chi connectivity index (χ0n) is 7.55. The molecule has 0 saturated heterocycles. The molecule has 0 atom stereocenters. The summed E-state index contributed by atoms with van der Waals surface area (Å²) in [5, 5.41) is 19.9. The van der Waals surface area contributed by atoms with Gasteiger partial charge in [0, 0.05) is 0 Å². The molecular weight excluding hydrogens is 184 g/mol. The summed E-state index contributed by atoms with van der Waals surface area (Å²) in [5.41, 5.74) is 5.97. The third-order valence-corrected chi connectivity index (χ3v) is 1.60. The molecule has 0 unspecified atom stereocenters. The first-order valence-electron chi connectivity index (χ1n) is 4.05. The van der Waals surface area contributed by atoms with Crippen LogP contribution >= 0.6 is 0 Å². The highest BCUT2D eigenvalue weighted by Crippen LogP contribution is 2.12. The van der Waals surface area contributed by atoms with E-state index < -0.39 is 0 Å². The third kappa shape index (κ3) is 2.95. The number of hydrogen-bond donors (Lipinski definition) is 3. The summed E-state index contributed by atoms with van der Waals surface area (Å²) in [6, 6.07) is 6.94. The first-order valence-corrected chi connectivity index (χ1v) is 4.05. The predicted octanol–water partition coefficient (Wildman–Crippen LogP) is 0.304.